The van der Waals surface area contributed by atoms with Gasteiger partial charge in [0.1, 0.15) is 0 Å². The first kappa shape index (κ1) is 9.86. The fourth-order valence-electron chi connectivity index (χ4n) is 1.74. The molecule has 4 nitrogen and oxygen atoms in total. The van der Waals surface area contributed by atoms with E-state index in [0.717, 1.165) is 11.1 Å². The van der Waals surface area contributed by atoms with Crippen LogP contribution in [0.3, 0.4) is 0 Å². The van der Waals surface area contributed by atoms with Gasteiger partial charge in [0.25, 0.3) is 0 Å². The maximum absolute atomic E-state index is 10.1. The molecule has 2 aromatic rings. The summed E-state index contributed by atoms with van der Waals surface area (Å²) in [5, 5.41) is 3.98. The van der Waals surface area contributed by atoms with Crippen molar-refractivity contribution in [1.82, 2.24) is 4.98 Å². The zero-order valence-electron chi connectivity index (χ0n) is 8.31. The van der Waals surface area contributed by atoms with Crippen LogP contribution in [0.25, 0.3) is 10.9 Å². The molecule has 0 aliphatic carbocycles. The first-order valence-electron chi connectivity index (χ1n) is 4.91. The largest absolute Gasteiger partial charge is 0.361 e. The molecular weight excluding hydrogens is 190 g/mol. The van der Waals surface area contributed by atoms with Crippen molar-refractivity contribution in [2.24, 2.45) is 10.9 Å². The quantitative estimate of drug-likeness (QED) is 0.744. The van der Waals surface area contributed by atoms with Crippen LogP contribution < -0.4 is 5.73 Å². The highest BCUT2D eigenvalue weighted by Crippen LogP contribution is 2.18. The summed E-state index contributed by atoms with van der Waals surface area (Å²) in [4.78, 5) is 13.2. The van der Waals surface area contributed by atoms with Crippen molar-refractivity contribution in [1.29, 1.82) is 0 Å². The lowest BCUT2D eigenvalue weighted by Crippen LogP contribution is -2.25. The molecule has 2 rings (SSSR count). The highest BCUT2D eigenvalue weighted by atomic mass is 16.3. The lowest BCUT2D eigenvalue weighted by Gasteiger charge is -2.05. The highest BCUT2D eigenvalue weighted by Gasteiger charge is 2.08. The van der Waals surface area contributed by atoms with Crippen LogP contribution in [0.4, 0.5) is 0 Å². The minimum Gasteiger partial charge on any atom is -0.361 e. The molecule has 0 spiro atoms. The number of nitrogens with one attached hydrogen (secondary N) is 1. The van der Waals surface area contributed by atoms with Crippen LogP contribution in [0.2, 0.25) is 0 Å². The van der Waals surface area contributed by atoms with Crippen molar-refractivity contribution in [3.63, 3.8) is 0 Å². The van der Waals surface area contributed by atoms with E-state index in [4.69, 9.17) is 5.73 Å². The maximum atomic E-state index is 10.1. The second-order valence-electron chi connectivity index (χ2n) is 3.64. The van der Waals surface area contributed by atoms with Crippen LogP contribution in [-0.2, 0) is 6.42 Å². The third kappa shape index (κ3) is 2.05. The molecule has 0 aliphatic rings. The molecule has 1 unspecified atom stereocenters. The van der Waals surface area contributed by atoms with Crippen LogP contribution in [-0.4, -0.2) is 17.6 Å². The van der Waals surface area contributed by atoms with Gasteiger partial charge in [0, 0.05) is 23.1 Å². The SMILES string of the molecule is NC(CN=O)Cc1c[nH]c2ccccc12. The molecule has 15 heavy (non-hydrogen) atoms. The van der Waals surface area contributed by atoms with E-state index in [1.54, 1.807) is 0 Å². The van der Waals surface area contributed by atoms with Gasteiger partial charge in [0.2, 0.25) is 0 Å². The summed E-state index contributed by atoms with van der Waals surface area (Å²) in [5.41, 5.74) is 8.00. The molecule has 1 aromatic carbocycles. The van der Waals surface area contributed by atoms with E-state index in [-0.39, 0.29) is 12.6 Å². The fourth-order valence-corrected chi connectivity index (χ4v) is 1.74. The molecule has 0 saturated heterocycles. The zero-order valence-corrected chi connectivity index (χ0v) is 8.31. The Labute approximate surface area is 87.5 Å². The van der Waals surface area contributed by atoms with Gasteiger partial charge in [-0.05, 0) is 18.1 Å². The molecule has 78 valence electrons. The minimum absolute atomic E-state index is 0.166. The van der Waals surface area contributed by atoms with Gasteiger partial charge in [-0.1, -0.05) is 23.4 Å². The number of hydrogen-bond donors (Lipinski definition) is 2. The average molecular weight is 203 g/mol. The van der Waals surface area contributed by atoms with Gasteiger partial charge in [-0.15, -0.1) is 0 Å². The number of benzene rings is 1. The first-order valence-corrected chi connectivity index (χ1v) is 4.91. The van der Waals surface area contributed by atoms with Crippen LogP contribution in [0, 0.1) is 4.91 Å². The van der Waals surface area contributed by atoms with Crippen LogP contribution >= 0.6 is 0 Å². The minimum atomic E-state index is -0.193. The Bertz CT molecular complexity index is 464. The number of aromatic amines is 1. The average Bonchev–Trinajstić information content (AvgIpc) is 2.62. The molecular formula is C11H13N3O. The lowest BCUT2D eigenvalue weighted by molar-refractivity contribution is 0.680. The van der Waals surface area contributed by atoms with Crippen molar-refractivity contribution >= 4 is 10.9 Å². The summed E-state index contributed by atoms with van der Waals surface area (Å²) in [5.74, 6) is 0. The van der Waals surface area contributed by atoms with Gasteiger partial charge in [0.05, 0.1) is 6.54 Å². The Morgan fingerprint density at radius 3 is 3.00 bits per heavy atom. The van der Waals surface area contributed by atoms with E-state index >= 15 is 0 Å². The number of rotatable bonds is 4. The zero-order chi connectivity index (χ0) is 10.7. The highest BCUT2D eigenvalue weighted by molar-refractivity contribution is 5.83. The number of nitroso groups, excluding NO2 is 1. The van der Waals surface area contributed by atoms with E-state index in [1.165, 1.54) is 5.39 Å². The number of H-pyrrole nitrogens is 1. The normalized spacial score (nSPS) is 12.9. The topological polar surface area (TPSA) is 71.2 Å². The van der Waals surface area contributed by atoms with E-state index in [2.05, 4.69) is 10.2 Å². The van der Waals surface area contributed by atoms with Gasteiger partial charge in [0.15, 0.2) is 0 Å². The summed E-state index contributed by atoms with van der Waals surface area (Å²) < 4.78 is 0. The second-order valence-corrected chi connectivity index (χ2v) is 3.64. The summed E-state index contributed by atoms with van der Waals surface area (Å²) in [6, 6.07) is 7.84. The van der Waals surface area contributed by atoms with Crippen molar-refractivity contribution in [2.45, 2.75) is 12.5 Å². The Balaban J connectivity index is 2.24. The van der Waals surface area contributed by atoms with Gasteiger partial charge in [-0.3, -0.25) is 0 Å². The van der Waals surface area contributed by atoms with Gasteiger partial charge >= 0.3 is 0 Å². The Kier molecular flexibility index (Phi) is 2.78. The van der Waals surface area contributed by atoms with Crippen LogP contribution in [0.1, 0.15) is 5.56 Å². The van der Waals surface area contributed by atoms with E-state index in [9.17, 15) is 4.91 Å². The number of para-hydroxylation sites is 1. The molecule has 0 fully saturated rings. The summed E-state index contributed by atoms with van der Waals surface area (Å²) in [7, 11) is 0. The maximum Gasteiger partial charge on any atom is 0.0965 e. The van der Waals surface area contributed by atoms with Gasteiger partial charge in [-0.2, -0.15) is 4.91 Å². The molecule has 1 aromatic heterocycles. The number of fused-ring (bicyclic) bond motifs is 1. The summed E-state index contributed by atoms with van der Waals surface area (Å²) in [6.45, 7) is 0.166. The van der Waals surface area contributed by atoms with E-state index < -0.39 is 0 Å². The van der Waals surface area contributed by atoms with Crippen molar-refractivity contribution < 1.29 is 0 Å². The Morgan fingerprint density at radius 2 is 2.20 bits per heavy atom. The smallest absolute Gasteiger partial charge is 0.0965 e. The third-order valence-electron chi connectivity index (χ3n) is 2.47. The van der Waals surface area contributed by atoms with Gasteiger partial charge < -0.3 is 10.7 Å². The number of hydrogen-bond acceptors (Lipinski definition) is 3. The van der Waals surface area contributed by atoms with Crippen LogP contribution in [0.5, 0.6) is 0 Å². The first-order chi connectivity index (χ1) is 7.31. The summed E-state index contributed by atoms with van der Waals surface area (Å²) >= 11 is 0. The summed E-state index contributed by atoms with van der Waals surface area (Å²) in [6.07, 6.45) is 2.62. The number of nitrogens with zero attached hydrogens (tertiary/aromatic N) is 1. The van der Waals surface area contributed by atoms with E-state index in [0.29, 0.717) is 6.42 Å². The molecule has 0 saturated carbocycles. The van der Waals surface area contributed by atoms with Crippen LogP contribution in [0.15, 0.2) is 35.6 Å². The fraction of sp³-hybridized carbons (Fsp3) is 0.273. The lowest BCUT2D eigenvalue weighted by atomic mass is 10.1. The van der Waals surface area contributed by atoms with E-state index in [1.807, 2.05) is 30.5 Å². The van der Waals surface area contributed by atoms with Gasteiger partial charge in [-0.25, -0.2) is 0 Å². The van der Waals surface area contributed by atoms with Crippen molar-refractivity contribution in [3.8, 4) is 0 Å². The number of nitrogens with two attached hydrogens (primary N) is 1. The standard InChI is InChI=1S/C11H13N3O/c12-9(7-14-15)5-8-6-13-11-4-2-1-3-10(8)11/h1-4,6,9,13H,5,7,12H2. The number of aromatic nitrogens is 1. The molecule has 4 heteroatoms. The Hall–Kier alpha value is -1.68. The predicted molar refractivity (Wildman–Crippen MR) is 60.6 cm³/mol. The molecule has 0 aliphatic heterocycles. The molecule has 0 radical (unpaired) electrons. The molecule has 0 bridgehead atoms. The predicted octanol–water partition coefficient (Wildman–Crippen LogP) is 1.80. The third-order valence-corrected chi connectivity index (χ3v) is 2.47. The Morgan fingerprint density at radius 1 is 1.40 bits per heavy atom. The molecule has 0 amide bonds. The monoisotopic (exact) mass is 203 g/mol. The van der Waals surface area contributed by atoms with Crippen molar-refractivity contribution in [2.75, 3.05) is 6.54 Å². The second kappa shape index (κ2) is 4.23. The van der Waals surface area contributed by atoms with Crippen molar-refractivity contribution in [3.05, 3.63) is 40.9 Å². The molecule has 1 atom stereocenters. The molecule has 3 N–H and O–H groups in total. The molecule has 1 heterocycles.